The van der Waals surface area contributed by atoms with Crippen molar-refractivity contribution in [3.8, 4) is 0 Å². The van der Waals surface area contributed by atoms with Gasteiger partial charge in [-0.1, -0.05) is 106 Å². The molecule has 0 aliphatic heterocycles. The van der Waals surface area contributed by atoms with Crippen LogP contribution in [0, 0.1) is 23.7 Å². The lowest BCUT2D eigenvalue weighted by molar-refractivity contribution is -0.131. The zero-order valence-electron chi connectivity index (χ0n) is 23.8. The first-order valence-corrected chi connectivity index (χ1v) is 15.8. The van der Waals surface area contributed by atoms with E-state index in [1.165, 1.54) is 0 Å². The fourth-order valence-electron chi connectivity index (χ4n) is 6.40. The van der Waals surface area contributed by atoms with Crippen molar-refractivity contribution in [2.75, 3.05) is 6.54 Å². The van der Waals surface area contributed by atoms with Crippen molar-refractivity contribution >= 4 is 46.5 Å². The minimum absolute atomic E-state index is 0.00633. The standard InChI is InChI=1S/C33H44Cl3NO2/c1-5-7-8-10-22(4)33(39)37-20-29-28(32(38)21(3)9-6-2)18-17-27(26-16-15-25(35)19-30(26)36)31(29)23-11-13-24(34)14-12-23/h11-16,19,21-22,27-29,31H,5-10,17-18,20H2,1-4H3,(H,37,39). The lowest BCUT2D eigenvalue weighted by atomic mass is 9.60. The van der Waals surface area contributed by atoms with Gasteiger partial charge in [0.2, 0.25) is 5.91 Å². The molecule has 1 aliphatic rings. The van der Waals surface area contributed by atoms with Gasteiger partial charge in [-0.3, -0.25) is 9.59 Å². The van der Waals surface area contributed by atoms with E-state index in [2.05, 4.69) is 38.2 Å². The maximum absolute atomic E-state index is 13.9. The topological polar surface area (TPSA) is 46.2 Å². The van der Waals surface area contributed by atoms with Gasteiger partial charge in [0.05, 0.1) is 0 Å². The summed E-state index contributed by atoms with van der Waals surface area (Å²) in [5.41, 5.74) is 2.16. The largest absolute Gasteiger partial charge is 0.356 e. The summed E-state index contributed by atoms with van der Waals surface area (Å²) in [6.45, 7) is 8.81. The van der Waals surface area contributed by atoms with Crippen LogP contribution in [0.3, 0.4) is 0 Å². The van der Waals surface area contributed by atoms with Crippen LogP contribution < -0.4 is 5.32 Å². The van der Waals surface area contributed by atoms with Crippen molar-refractivity contribution in [1.82, 2.24) is 5.32 Å². The molecule has 0 aromatic heterocycles. The van der Waals surface area contributed by atoms with Crippen molar-refractivity contribution in [2.24, 2.45) is 23.7 Å². The van der Waals surface area contributed by atoms with Gasteiger partial charge in [0.1, 0.15) is 5.78 Å². The van der Waals surface area contributed by atoms with Gasteiger partial charge in [-0.15, -0.1) is 0 Å². The van der Waals surface area contributed by atoms with E-state index in [0.717, 1.165) is 62.5 Å². The summed E-state index contributed by atoms with van der Waals surface area (Å²) >= 11 is 19.3. The van der Waals surface area contributed by atoms with Crippen LogP contribution in [-0.4, -0.2) is 18.2 Å². The van der Waals surface area contributed by atoms with Crippen LogP contribution in [0.5, 0.6) is 0 Å². The Morgan fingerprint density at radius 3 is 2.21 bits per heavy atom. The molecular weight excluding hydrogens is 549 g/mol. The fraction of sp³-hybridized carbons (Fsp3) is 0.576. The van der Waals surface area contributed by atoms with E-state index in [1.807, 2.05) is 31.2 Å². The Balaban J connectivity index is 2.00. The third-order valence-corrected chi connectivity index (χ3v) is 9.40. The molecule has 1 N–H and O–H groups in total. The van der Waals surface area contributed by atoms with Gasteiger partial charge >= 0.3 is 0 Å². The van der Waals surface area contributed by atoms with Gasteiger partial charge in [0, 0.05) is 39.4 Å². The molecule has 0 bridgehead atoms. The molecule has 1 amide bonds. The summed E-state index contributed by atoms with van der Waals surface area (Å²) in [7, 11) is 0. The second-order valence-electron chi connectivity index (χ2n) is 11.4. The summed E-state index contributed by atoms with van der Waals surface area (Å²) < 4.78 is 0. The molecule has 0 saturated heterocycles. The number of rotatable bonds is 13. The van der Waals surface area contributed by atoms with Crippen molar-refractivity contribution in [1.29, 1.82) is 0 Å². The van der Waals surface area contributed by atoms with Crippen LogP contribution in [0.25, 0.3) is 0 Å². The van der Waals surface area contributed by atoms with E-state index in [0.29, 0.717) is 27.4 Å². The number of nitrogens with one attached hydrogen (secondary N) is 1. The van der Waals surface area contributed by atoms with Gasteiger partial charge in [-0.2, -0.15) is 0 Å². The van der Waals surface area contributed by atoms with Gasteiger partial charge in [-0.25, -0.2) is 0 Å². The highest BCUT2D eigenvalue weighted by atomic mass is 35.5. The first kappa shape index (κ1) is 32.0. The Labute approximate surface area is 250 Å². The van der Waals surface area contributed by atoms with E-state index in [1.54, 1.807) is 6.07 Å². The molecule has 1 saturated carbocycles. The van der Waals surface area contributed by atoms with Crippen molar-refractivity contribution in [3.63, 3.8) is 0 Å². The highest BCUT2D eigenvalue weighted by Crippen LogP contribution is 2.52. The molecule has 3 rings (SSSR count). The van der Waals surface area contributed by atoms with Gasteiger partial charge in [0.25, 0.3) is 0 Å². The minimum Gasteiger partial charge on any atom is -0.356 e. The number of benzene rings is 2. The van der Waals surface area contributed by atoms with Gasteiger partial charge < -0.3 is 5.32 Å². The normalized spacial score (nSPS) is 22.7. The van der Waals surface area contributed by atoms with Crippen LogP contribution in [0.4, 0.5) is 0 Å². The Bertz CT molecular complexity index is 1090. The molecule has 2 aromatic carbocycles. The predicted molar refractivity (Wildman–Crippen MR) is 165 cm³/mol. The summed E-state index contributed by atoms with van der Waals surface area (Å²) in [5, 5.41) is 5.19. The lowest BCUT2D eigenvalue weighted by Crippen LogP contribution is -2.45. The fourth-order valence-corrected chi connectivity index (χ4v) is 7.08. The molecule has 1 fully saturated rings. The SMILES string of the molecule is CCCCCC(C)C(=O)NCC1C(C(=O)C(C)CCC)CCC(c2ccc(Cl)cc2Cl)C1c1ccc(Cl)cc1. The molecular formula is C33H44Cl3NO2. The highest BCUT2D eigenvalue weighted by Gasteiger charge is 2.45. The van der Waals surface area contributed by atoms with E-state index >= 15 is 0 Å². The average Bonchev–Trinajstić information content (AvgIpc) is 2.91. The second kappa shape index (κ2) is 15.5. The monoisotopic (exact) mass is 591 g/mol. The van der Waals surface area contributed by atoms with Gasteiger partial charge in [-0.05, 0) is 78.8 Å². The molecule has 39 heavy (non-hydrogen) atoms. The van der Waals surface area contributed by atoms with Crippen molar-refractivity contribution in [2.45, 2.75) is 90.9 Å². The number of Topliss-reactive ketones (excluding diaryl/α,β-unsaturated/α-hetero) is 1. The second-order valence-corrected chi connectivity index (χ2v) is 12.7. The number of unbranched alkanes of at least 4 members (excludes halogenated alkanes) is 2. The third-order valence-electron chi connectivity index (χ3n) is 8.59. The number of halogens is 3. The lowest BCUT2D eigenvalue weighted by Gasteiger charge is -2.44. The molecule has 1 aliphatic carbocycles. The molecule has 0 heterocycles. The molecule has 214 valence electrons. The van der Waals surface area contributed by atoms with Crippen LogP contribution in [0.15, 0.2) is 42.5 Å². The molecule has 6 atom stereocenters. The number of ketones is 1. The third kappa shape index (κ3) is 8.47. The van der Waals surface area contributed by atoms with Gasteiger partial charge in [0.15, 0.2) is 0 Å². The molecule has 6 unspecified atom stereocenters. The summed E-state index contributed by atoms with van der Waals surface area (Å²) in [6, 6.07) is 13.7. The van der Waals surface area contributed by atoms with E-state index in [9.17, 15) is 9.59 Å². The van der Waals surface area contributed by atoms with Crippen LogP contribution in [0.2, 0.25) is 15.1 Å². The quantitative estimate of drug-likeness (QED) is 0.235. The van der Waals surface area contributed by atoms with E-state index in [-0.39, 0.29) is 41.4 Å². The zero-order valence-corrected chi connectivity index (χ0v) is 26.1. The number of carbonyl (C=O) groups excluding carboxylic acids is 2. The number of carbonyl (C=O) groups is 2. The Morgan fingerprint density at radius 2 is 1.56 bits per heavy atom. The Kier molecular flexibility index (Phi) is 12.7. The van der Waals surface area contributed by atoms with Crippen LogP contribution in [-0.2, 0) is 9.59 Å². The predicted octanol–water partition coefficient (Wildman–Crippen LogP) is 9.88. The number of hydrogen-bond donors (Lipinski definition) is 1. The summed E-state index contributed by atoms with van der Waals surface area (Å²) in [4.78, 5) is 27.0. The molecule has 3 nitrogen and oxygen atoms in total. The molecule has 0 spiro atoms. The minimum atomic E-state index is -0.134. The first-order chi connectivity index (χ1) is 18.7. The van der Waals surface area contributed by atoms with Crippen molar-refractivity contribution < 1.29 is 9.59 Å². The maximum Gasteiger partial charge on any atom is 0.222 e. The number of hydrogen-bond acceptors (Lipinski definition) is 2. The summed E-state index contributed by atoms with van der Waals surface area (Å²) in [5.74, 6) is 0.211. The molecule has 2 aromatic rings. The number of amides is 1. The van der Waals surface area contributed by atoms with E-state index < -0.39 is 0 Å². The Hall–Kier alpha value is -1.55. The van der Waals surface area contributed by atoms with E-state index in [4.69, 9.17) is 34.8 Å². The van der Waals surface area contributed by atoms with Crippen LogP contribution in [0.1, 0.15) is 102 Å². The first-order valence-electron chi connectivity index (χ1n) is 14.7. The highest BCUT2D eigenvalue weighted by molar-refractivity contribution is 6.35. The molecule has 6 heteroatoms. The molecule has 0 radical (unpaired) electrons. The van der Waals surface area contributed by atoms with Crippen molar-refractivity contribution in [3.05, 3.63) is 68.7 Å². The average molecular weight is 593 g/mol. The smallest absolute Gasteiger partial charge is 0.222 e. The zero-order chi connectivity index (χ0) is 28.5. The maximum atomic E-state index is 13.9. The Morgan fingerprint density at radius 1 is 0.872 bits per heavy atom. The summed E-state index contributed by atoms with van der Waals surface area (Å²) in [6.07, 6.45) is 7.65. The van der Waals surface area contributed by atoms with Crippen LogP contribution >= 0.6 is 34.8 Å².